The predicted octanol–water partition coefficient (Wildman–Crippen LogP) is 1.71. The van der Waals surface area contributed by atoms with Crippen molar-refractivity contribution < 1.29 is 14.3 Å². The molecular weight excluding hydrogens is 244 g/mol. The zero-order valence-corrected chi connectivity index (χ0v) is 11.7. The Morgan fingerprint density at radius 1 is 1.32 bits per heavy atom. The van der Waals surface area contributed by atoms with Gasteiger partial charge < -0.3 is 20.5 Å². The average Bonchev–Trinajstić information content (AvgIpc) is 2.39. The van der Waals surface area contributed by atoms with Gasteiger partial charge in [-0.25, -0.2) is 0 Å². The lowest BCUT2D eigenvalue weighted by Crippen LogP contribution is -2.35. The van der Waals surface area contributed by atoms with Crippen LogP contribution in [0.5, 0.6) is 0 Å². The summed E-state index contributed by atoms with van der Waals surface area (Å²) in [4.78, 5) is 12.0. The third kappa shape index (κ3) is 4.89. The van der Waals surface area contributed by atoms with Crippen LogP contribution >= 0.6 is 0 Å². The van der Waals surface area contributed by atoms with Gasteiger partial charge in [-0.15, -0.1) is 0 Å². The van der Waals surface area contributed by atoms with E-state index in [1.165, 1.54) is 0 Å². The minimum absolute atomic E-state index is 0.160. The van der Waals surface area contributed by atoms with E-state index in [0.717, 1.165) is 5.56 Å². The number of nitrogens with two attached hydrogens (primary N) is 1. The van der Waals surface area contributed by atoms with E-state index in [1.54, 1.807) is 18.2 Å². The average molecular weight is 266 g/mol. The van der Waals surface area contributed by atoms with Crippen LogP contribution in [-0.2, 0) is 9.47 Å². The van der Waals surface area contributed by atoms with E-state index in [0.29, 0.717) is 31.0 Å². The third-order valence-electron chi connectivity index (χ3n) is 2.67. The van der Waals surface area contributed by atoms with Gasteiger partial charge in [0, 0.05) is 24.5 Å². The molecule has 0 aliphatic heterocycles. The maximum atomic E-state index is 12.0. The number of benzene rings is 1. The van der Waals surface area contributed by atoms with Crippen LogP contribution in [0.1, 0.15) is 29.8 Å². The molecular formula is C14H22N2O3. The van der Waals surface area contributed by atoms with Crippen molar-refractivity contribution in [1.29, 1.82) is 0 Å². The number of nitrogens with one attached hydrogen (secondary N) is 1. The van der Waals surface area contributed by atoms with Crippen LogP contribution in [0, 0.1) is 6.92 Å². The number of anilines is 1. The molecule has 0 aromatic heterocycles. The largest absolute Gasteiger partial charge is 0.399 e. The lowest BCUT2D eigenvalue weighted by atomic mass is 10.1. The smallest absolute Gasteiger partial charge is 0.251 e. The van der Waals surface area contributed by atoms with Crippen LogP contribution in [0.4, 0.5) is 5.69 Å². The molecule has 0 atom stereocenters. The second-order valence-corrected chi connectivity index (χ2v) is 4.12. The molecule has 0 spiro atoms. The fourth-order valence-electron chi connectivity index (χ4n) is 1.63. The van der Waals surface area contributed by atoms with Crippen LogP contribution in [0.2, 0.25) is 0 Å². The first-order valence-electron chi connectivity index (χ1n) is 6.46. The van der Waals surface area contributed by atoms with Crippen molar-refractivity contribution in [2.24, 2.45) is 0 Å². The quantitative estimate of drug-likeness (QED) is 0.582. The molecule has 5 nitrogen and oxygen atoms in total. The summed E-state index contributed by atoms with van der Waals surface area (Å²) >= 11 is 0. The van der Waals surface area contributed by atoms with Crippen LogP contribution in [0.15, 0.2) is 18.2 Å². The number of carbonyl (C=O) groups is 1. The maximum Gasteiger partial charge on any atom is 0.251 e. The molecule has 0 fully saturated rings. The Labute approximate surface area is 114 Å². The van der Waals surface area contributed by atoms with Crippen LogP contribution in [-0.4, -0.2) is 32.0 Å². The Morgan fingerprint density at radius 3 is 2.47 bits per heavy atom. The minimum atomic E-state index is -0.408. The summed E-state index contributed by atoms with van der Waals surface area (Å²) in [6.45, 7) is 7.05. The van der Waals surface area contributed by atoms with Gasteiger partial charge in [-0.2, -0.15) is 0 Å². The molecule has 0 saturated heterocycles. The van der Waals surface area contributed by atoms with E-state index in [4.69, 9.17) is 15.2 Å². The van der Waals surface area contributed by atoms with Crippen molar-refractivity contribution in [3.63, 3.8) is 0 Å². The molecule has 3 N–H and O–H groups in total. The standard InChI is InChI=1S/C14H22N2O3/c1-4-18-13(19-5-2)9-16-14(17)11-6-7-12(15)10(3)8-11/h6-8,13H,4-5,9,15H2,1-3H3,(H,16,17). The molecule has 1 rings (SSSR count). The van der Waals surface area contributed by atoms with E-state index < -0.39 is 6.29 Å². The molecule has 0 saturated carbocycles. The van der Waals surface area contributed by atoms with Crippen molar-refractivity contribution in [1.82, 2.24) is 5.32 Å². The van der Waals surface area contributed by atoms with Crippen molar-refractivity contribution in [2.45, 2.75) is 27.1 Å². The topological polar surface area (TPSA) is 73.6 Å². The van der Waals surface area contributed by atoms with E-state index in [9.17, 15) is 4.79 Å². The zero-order chi connectivity index (χ0) is 14.3. The SMILES string of the molecule is CCOC(CNC(=O)c1ccc(N)c(C)c1)OCC. The Morgan fingerprint density at radius 2 is 1.95 bits per heavy atom. The molecule has 1 aromatic rings. The van der Waals surface area contributed by atoms with Crippen molar-refractivity contribution in [2.75, 3.05) is 25.5 Å². The first kappa shape index (κ1) is 15.5. The minimum Gasteiger partial charge on any atom is -0.399 e. The summed E-state index contributed by atoms with van der Waals surface area (Å²) in [6.07, 6.45) is -0.408. The molecule has 0 heterocycles. The first-order valence-corrected chi connectivity index (χ1v) is 6.46. The number of carbonyl (C=O) groups excluding carboxylic acids is 1. The number of hydrogen-bond acceptors (Lipinski definition) is 4. The van der Waals surface area contributed by atoms with Gasteiger partial charge in [-0.05, 0) is 44.5 Å². The number of hydrogen-bond donors (Lipinski definition) is 2. The highest BCUT2D eigenvalue weighted by Gasteiger charge is 2.11. The number of amides is 1. The fourth-order valence-corrected chi connectivity index (χ4v) is 1.63. The monoisotopic (exact) mass is 266 g/mol. The molecule has 19 heavy (non-hydrogen) atoms. The second kappa shape index (κ2) is 7.76. The summed E-state index contributed by atoms with van der Waals surface area (Å²) in [5, 5.41) is 2.79. The van der Waals surface area contributed by atoms with E-state index in [1.807, 2.05) is 20.8 Å². The summed E-state index contributed by atoms with van der Waals surface area (Å²) in [7, 11) is 0. The number of rotatable bonds is 7. The van der Waals surface area contributed by atoms with Gasteiger partial charge in [0.05, 0.1) is 6.54 Å². The molecule has 106 valence electrons. The Kier molecular flexibility index (Phi) is 6.32. The van der Waals surface area contributed by atoms with Crippen LogP contribution < -0.4 is 11.1 Å². The lowest BCUT2D eigenvalue weighted by Gasteiger charge is -2.17. The van der Waals surface area contributed by atoms with Gasteiger partial charge in [0.1, 0.15) is 0 Å². The van der Waals surface area contributed by atoms with Gasteiger partial charge in [0.2, 0.25) is 0 Å². The number of ether oxygens (including phenoxy) is 2. The predicted molar refractivity (Wildman–Crippen MR) is 75.0 cm³/mol. The van der Waals surface area contributed by atoms with Gasteiger partial charge >= 0.3 is 0 Å². The lowest BCUT2D eigenvalue weighted by molar-refractivity contribution is -0.131. The number of aryl methyl sites for hydroxylation is 1. The highest BCUT2D eigenvalue weighted by atomic mass is 16.7. The van der Waals surface area contributed by atoms with E-state index in [-0.39, 0.29) is 5.91 Å². The number of nitrogen functional groups attached to an aromatic ring is 1. The Bertz CT molecular complexity index is 415. The van der Waals surface area contributed by atoms with Crippen molar-refractivity contribution in [3.8, 4) is 0 Å². The maximum absolute atomic E-state index is 12.0. The van der Waals surface area contributed by atoms with E-state index in [2.05, 4.69) is 5.32 Å². The van der Waals surface area contributed by atoms with Gasteiger partial charge in [-0.1, -0.05) is 0 Å². The normalized spacial score (nSPS) is 10.7. The molecule has 1 amide bonds. The fraction of sp³-hybridized carbons (Fsp3) is 0.500. The Balaban J connectivity index is 2.56. The zero-order valence-electron chi connectivity index (χ0n) is 11.7. The third-order valence-corrected chi connectivity index (χ3v) is 2.67. The molecule has 0 radical (unpaired) electrons. The van der Waals surface area contributed by atoms with Crippen molar-refractivity contribution >= 4 is 11.6 Å². The summed E-state index contributed by atoms with van der Waals surface area (Å²) in [6, 6.07) is 5.20. The molecule has 0 aliphatic rings. The Hall–Kier alpha value is -1.59. The summed E-state index contributed by atoms with van der Waals surface area (Å²) < 4.78 is 10.7. The molecule has 0 aliphatic carbocycles. The van der Waals surface area contributed by atoms with Gasteiger partial charge in [-0.3, -0.25) is 4.79 Å². The highest BCUT2D eigenvalue weighted by Crippen LogP contribution is 2.12. The van der Waals surface area contributed by atoms with Crippen molar-refractivity contribution in [3.05, 3.63) is 29.3 Å². The van der Waals surface area contributed by atoms with Gasteiger partial charge in [0.15, 0.2) is 6.29 Å². The second-order valence-electron chi connectivity index (χ2n) is 4.12. The van der Waals surface area contributed by atoms with Crippen LogP contribution in [0.3, 0.4) is 0 Å². The molecule has 1 aromatic carbocycles. The van der Waals surface area contributed by atoms with Crippen LogP contribution in [0.25, 0.3) is 0 Å². The molecule has 0 unspecified atom stereocenters. The summed E-state index contributed by atoms with van der Waals surface area (Å²) in [5.74, 6) is -0.160. The molecule has 0 bridgehead atoms. The van der Waals surface area contributed by atoms with E-state index >= 15 is 0 Å². The molecule has 5 heteroatoms. The highest BCUT2D eigenvalue weighted by molar-refractivity contribution is 5.94. The first-order chi connectivity index (χ1) is 9.08. The summed E-state index contributed by atoms with van der Waals surface area (Å²) in [5.41, 5.74) is 7.87. The van der Waals surface area contributed by atoms with Gasteiger partial charge in [0.25, 0.3) is 5.91 Å².